The number of hydrogen-bond donors (Lipinski definition) is 1. The summed E-state index contributed by atoms with van der Waals surface area (Å²) in [6.45, 7) is 2.99. The molecule has 0 fully saturated rings. The van der Waals surface area contributed by atoms with Crippen LogP contribution in [0.3, 0.4) is 0 Å². The molecule has 6 heteroatoms. The zero-order chi connectivity index (χ0) is 19.1. The van der Waals surface area contributed by atoms with Crippen LogP contribution in [0.4, 0.5) is 0 Å². The summed E-state index contributed by atoms with van der Waals surface area (Å²) in [5.74, 6) is 1.71. The summed E-state index contributed by atoms with van der Waals surface area (Å²) < 4.78 is 17.1. The predicted octanol–water partition coefficient (Wildman–Crippen LogP) is 5.16. The number of ether oxygens (including phenoxy) is 3. The third-order valence-corrected chi connectivity index (χ3v) is 4.14. The highest BCUT2D eigenvalue weighted by molar-refractivity contribution is 6.32. The van der Waals surface area contributed by atoms with Crippen LogP contribution in [0.1, 0.15) is 12.5 Å². The molecule has 0 saturated heterocycles. The molecule has 0 aliphatic heterocycles. The van der Waals surface area contributed by atoms with Gasteiger partial charge in [-0.05, 0) is 42.0 Å². The quantitative estimate of drug-likeness (QED) is 0.252. The Morgan fingerprint density at radius 1 is 0.963 bits per heavy atom. The van der Waals surface area contributed by atoms with Gasteiger partial charge < -0.3 is 19.4 Å². The van der Waals surface area contributed by atoms with E-state index in [4.69, 9.17) is 31.0 Å². The smallest absolute Gasteiger partial charge is 0.179 e. The van der Waals surface area contributed by atoms with Crippen molar-refractivity contribution in [1.82, 2.24) is 0 Å². The van der Waals surface area contributed by atoms with Crippen LogP contribution < -0.4 is 14.2 Å². The molecule has 3 aromatic carbocycles. The van der Waals surface area contributed by atoms with E-state index in [1.165, 1.54) is 11.6 Å². The van der Waals surface area contributed by atoms with Gasteiger partial charge in [0.25, 0.3) is 0 Å². The van der Waals surface area contributed by atoms with E-state index in [0.717, 1.165) is 11.1 Å². The van der Waals surface area contributed by atoms with E-state index in [2.05, 4.69) is 11.2 Å². The molecule has 0 aromatic heterocycles. The topological polar surface area (TPSA) is 60.3 Å². The number of rotatable bonds is 8. The van der Waals surface area contributed by atoms with Crippen LogP contribution in [0.2, 0.25) is 5.02 Å². The van der Waals surface area contributed by atoms with Crippen molar-refractivity contribution in [2.24, 2.45) is 5.16 Å². The van der Waals surface area contributed by atoms with E-state index in [1.54, 1.807) is 12.1 Å². The fraction of sp³-hybridized carbons (Fsp3) is 0.190. The highest BCUT2D eigenvalue weighted by Crippen LogP contribution is 2.36. The minimum atomic E-state index is 0.306. The van der Waals surface area contributed by atoms with Crippen LogP contribution in [-0.2, 0) is 0 Å². The summed E-state index contributed by atoms with van der Waals surface area (Å²) in [5, 5.41) is 14.4. The Labute approximate surface area is 162 Å². The first-order valence-electron chi connectivity index (χ1n) is 8.59. The molecule has 27 heavy (non-hydrogen) atoms. The Bertz CT molecular complexity index is 943. The summed E-state index contributed by atoms with van der Waals surface area (Å²) in [7, 11) is 0. The van der Waals surface area contributed by atoms with Crippen LogP contribution in [-0.4, -0.2) is 31.2 Å². The van der Waals surface area contributed by atoms with E-state index in [9.17, 15) is 0 Å². The van der Waals surface area contributed by atoms with Crippen molar-refractivity contribution in [1.29, 1.82) is 0 Å². The Morgan fingerprint density at radius 2 is 1.74 bits per heavy atom. The lowest BCUT2D eigenvalue weighted by atomic mass is 10.1. The molecule has 3 rings (SSSR count). The molecular formula is C21H20ClNO4. The lowest BCUT2D eigenvalue weighted by Crippen LogP contribution is -2.10. The second kappa shape index (κ2) is 9.14. The van der Waals surface area contributed by atoms with Gasteiger partial charge in [-0.3, -0.25) is 0 Å². The van der Waals surface area contributed by atoms with Gasteiger partial charge >= 0.3 is 0 Å². The molecule has 0 heterocycles. The van der Waals surface area contributed by atoms with E-state index < -0.39 is 0 Å². The normalized spacial score (nSPS) is 11.0. The van der Waals surface area contributed by atoms with Crippen molar-refractivity contribution in [3.63, 3.8) is 0 Å². The number of oxime groups is 1. The summed E-state index contributed by atoms with van der Waals surface area (Å²) >= 11 is 6.28. The second-order valence-corrected chi connectivity index (χ2v) is 6.12. The first-order chi connectivity index (χ1) is 13.2. The van der Waals surface area contributed by atoms with Gasteiger partial charge in [-0.15, -0.1) is 0 Å². The van der Waals surface area contributed by atoms with Crippen molar-refractivity contribution >= 4 is 28.6 Å². The first kappa shape index (κ1) is 18.9. The van der Waals surface area contributed by atoms with Gasteiger partial charge in [-0.1, -0.05) is 47.1 Å². The van der Waals surface area contributed by atoms with E-state index in [-0.39, 0.29) is 0 Å². The Kier molecular flexibility index (Phi) is 6.39. The summed E-state index contributed by atoms with van der Waals surface area (Å²) in [6, 6.07) is 17.4. The fourth-order valence-electron chi connectivity index (χ4n) is 2.69. The SMILES string of the molecule is CCOc1cc(C=NO)cc(Cl)c1OCCOc1ccc2ccccc2c1. The highest BCUT2D eigenvalue weighted by Gasteiger charge is 2.12. The van der Waals surface area contributed by atoms with E-state index >= 15 is 0 Å². The fourth-order valence-corrected chi connectivity index (χ4v) is 2.97. The lowest BCUT2D eigenvalue weighted by molar-refractivity contribution is 0.208. The molecule has 0 amide bonds. The maximum Gasteiger partial charge on any atom is 0.179 e. The van der Waals surface area contributed by atoms with Crippen molar-refractivity contribution in [2.45, 2.75) is 6.92 Å². The molecule has 5 nitrogen and oxygen atoms in total. The molecule has 0 aliphatic carbocycles. The summed E-state index contributed by atoms with van der Waals surface area (Å²) in [5.41, 5.74) is 0.616. The van der Waals surface area contributed by atoms with Crippen molar-refractivity contribution in [2.75, 3.05) is 19.8 Å². The highest BCUT2D eigenvalue weighted by atomic mass is 35.5. The number of nitrogens with zero attached hydrogens (tertiary/aromatic N) is 1. The second-order valence-electron chi connectivity index (χ2n) is 5.71. The average molecular weight is 386 g/mol. The Morgan fingerprint density at radius 3 is 2.52 bits per heavy atom. The number of halogens is 1. The third-order valence-electron chi connectivity index (χ3n) is 3.86. The van der Waals surface area contributed by atoms with Crippen LogP contribution >= 0.6 is 11.6 Å². The van der Waals surface area contributed by atoms with Crippen LogP contribution in [0, 0.1) is 0 Å². The van der Waals surface area contributed by atoms with Gasteiger partial charge in [0.1, 0.15) is 19.0 Å². The van der Waals surface area contributed by atoms with Gasteiger partial charge in [0.2, 0.25) is 0 Å². The molecule has 0 spiro atoms. The average Bonchev–Trinajstić information content (AvgIpc) is 2.67. The molecular weight excluding hydrogens is 366 g/mol. The lowest BCUT2D eigenvalue weighted by Gasteiger charge is -2.15. The molecule has 0 saturated carbocycles. The summed E-state index contributed by atoms with van der Waals surface area (Å²) in [6.07, 6.45) is 1.28. The standard InChI is InChI=1S/C21H20ClNO4/c1-2-25-20-12-15(14-23-24)11-19(22)21(20)27-10-9-26-18-8-7-16-5-3-4-6-17(16)13-18/h3-8,11-14,24H,2,9-10H2,1H3. The maximum absolute atomic E-state index is 8.69. The van der Waals surface area contributed by atoms with Crippen LogP contribution in [0.15, 0.2) is 59.8 Å². The molecule has 0 aliphatic rings. The summed E-state index contributed by atoms with van der Waals surface area (Å²) in [4.78, 5) is 0. The van der Waals surface area contributed by atoms with Gasteiger partial charge in [-0.2, -0.15) is 0 Å². The molecule has 3 aromatic rings. The van der Waals surface area contributed by atoms with E-state index in [1.807, 2.05) is 43.3 Å². The van der Waals surface area contributed by atoms with Crippen LogP contribution in [0.25, 0.3) is 10.8 Å². The monoisotopic (exact) mass is 385 g/mol. The minimum absolute atomic E-state index is 0.306. The largest absolute Gasteiger partial charge is 0.490 e. The number of benzene rings is 3. The van der Waals surface area contributed by atoms with Crippen molar-refractivity contribution < 1.29 is 19.4 Å². The predicted molar refractivity (Wildman–Crippen MR) is 107 cm³/mol. The molecule has 140 valence electrons. The van der Waals surface area contributed by atoms with Crippen molar-refractivity contribution in [3.8, 4) is 17.2 Å². The first-order valence-corrected chi connectivity index (χ1v) is 8.97. The van der Waals surface area contributed by atoms with Gasteiger partial charge in [0, 0.05) is 5.56 Å². The van der Waals surface area contributed by atoms with Crippen molar-refractivity contribution in [3.05, 3.63) is 65.2 Å². The number of fused-ring (bicyclic) bond motifs is 1. The maximum atomic E-state index is 8.69. The molecule has 0 atom stereocenters. The molecule has 0 bridgehead atoms. The minimum Gasteiger partial charge on any atom is -0.490 e. The molecule has 1 N–H and O–H groups in total. The Hall–Kier alpha value is -2.92. The third kappa shape index (κ3) is 4.83. The van der Waals surface area contributed by atoms with E-state index in [0.29, 0.717) is 41.9 Å². The van der Waals surface area contributed by atoms with Gasteiger partial charge in [0.15, 0.2) is 11.5 Å². The van der Waals surface area contributed by atoms with Gasteiger partial charge in [-0.25, -0.2) is 0 Å². The number of hydrogen-bond acceptors (Lipinski definition) is 5. The Balaban J connectivity index is 1.63. The van der Waals surface area contributed by atoms with Crippen LogP contribution in [0.5, 0.6) is 17.2 Å². The zero-order valence-corrected chi connectivity index (χ0v) is 15.6. The molecule has 0 unspecified atom stereocenters. The zero-order valence-electron chi connectivity index (χ0n) is 14.9. The molecule has 0 radical (unpaired) electrons. The van der Waals surface area contributed by atoms with Gasteiger partial charge in [0.05, 0.1) is 17.8 Å².